The van der Waals surface area contributed by atoms with Crippen molar-refractivity contribution in [2.45, 2.75) is 0 Å². The van der Waals surface area contributed by atoms with E-state index in [1.54, 1.807) is 18.3 Å². The molecule has 0 saturated heterocycles. The molecule has 0 amide bonds. The number of phenols is 1. The van der Waals surface area contributed by atoms with Crippen LogP contribution in [0.2, 0.25) is 0 Å². The Morgan fingerprint density at radius 1 is 1.26 bits per heavy atom. The highest BCUT2D eigenvalue weighted by molar-refractivity contribution is 14.1. The summed E-state index contributed by atoms with van der Waals surface area (Å²) < 4.78 is 6.84. The average molecular weight is 432 g/mol. The second-order valence-corrected chi connectivity index (χ2v) is 5.89. The van der Waals surface area contributed by atoms with E-state index in [1.165, 1.54) is 10.7 Å². The highest BCUT2D eigenvalue weighted by atomic mass is 127. The maximum Gasteiger partial charge on any atom is 0.172 e. The monoisotopic (exact) mass is 431 g/mol. The van der Waals surface area contributed by atoms with Crippen LogP contribution in [0.15, 0.2) is 45.9 Å². The molecule has 0 unspecified atom stereocenters. The lowest BCUT2D eigenvalue weighted by Gasteiger charge is -2.06. The van der Waals surface area contributed by atoms with Gasteiger partial charge in [-0.2, -0.15) is 0 Å². The molecule has 0 atom stereocenters. The molecule has 0 saturated carbocycles. The minimum absolute atomic E-state index is 0.0916. The van der Waals surface area contributed by atoms with Gasteiger partial charge in [-0.25, -0.2) is 0 Å². The molecule has 2 aromatic carbocycles. The van der Waals surface area contributed by atoms with Crippen LogP contribution in [0.5, 0.6) is 11.5 Å². The summed E-state index contributed by atoms with van der Waals surface area (Å²) in [6, 6.07) is 11.4. The Labute approximate surface area is 133 Å². The zero-order valence-electron chi connectivity index (χ0n) is 10.1. The van der Waals surface area contributed by atoms with Gasteiger partial charge in [-0.1, -0.05) is 0 Å². The van der Waals surface area contributed by atoms with Crippen LogP contribution in [0.4, 0.5) is 5.69 Å². The van der Waals surface area contributed by atoms with E-state index in [2.05, 4.69) is 43.5 Å². The van der Waals surface area contributed by atoms with Crippen molar-refractivity contribution in [1.82, 2.24) is 0 Å². The van der Waals surface area contributed by atoms with E-state index in [0.29, 0.717) is 10.2 Å². The lowest BCUT2D eigenvalue weighted by molar-refractivity contribution is 0.372. The van der Waals surface area contributed by atoms with E-state index in [1.807, 2.05) is 24.3 Å². The summed E-state index contributed by atoms with van der Waals surface area (Å²) in [5.41, 5.74) is 1.73. The summed E-state index contributed by atoms with van der Waals surface area (Å²) >= 11 is 5.53. The van der Waals surface area contributed by atoms with Crippen LogP contribution in [-0.2, 0) is 0 Å². The number of nitrogens with zero attached hydrogens (tertiary/aromatic N) is 1. The number of hydrogen-bond donors (Lipinski definition) is 1. The van der Waals surface area contributed by atoms with Gasteiger partial charge in [0.25, 0.3) is 0 Å². The molecule has 0 fully saturated rings. The molecule has 0 radical (unpaired) electrons. The number of benzene rings is 2. The summed E-state index contributed by atoms with van der Waals surface area (Å²) in [5.74, 6) is 0.507. The molecule has 0 spiro atoms. The van der Waals surface area contributed by atoms with Gasteiger partial charge < -0.3 is 9.84 Å². The van der Waals surface area contributed by atoms with Crippen molar-refractivity contribution in [3.63, 3.8) is 0 Å². The fraction of sp³-hybridized carbons (Fsp3) is 0.0714. The highest BCUT2D eigenvalue weighted by Crippen LogP contribution is 2.34. The lowest BCUT2D eigenvalue weighted by atomic mass is 10.2. The average Bonchev–Trinajstić information content (AvgIpc) is 2.41. The molecule has 0 aliphatic carbocycles. The third-order valence-electron chi connectivity index (χ3n) is 2.46. The Balaban J connectivity index is 2.28. The number of rotatable bonds is 3. The molecule has 0 heterocycles. The molecule has 2 aromatic rings. The maximum atomic E-state index is 9.72. The molecule has 3 nitrogen and oxygen atoms in total. The molecule has 0 aliphatic heterocycles. The van der Waals surface area contributed by atoms with Crippen LogP contribution in [0, 0.1) is 3.57 Å². The van der Waals surface area contributed by atoms with Crippen molar-refractivity contribution < 1.29 is 9.84 Å². The van der Waals surface area contributed by atoms with Gasteiger partial charge >= 0.3 is 0 Å². The number of hydrogen-bond acceptors (Lipinski definition) is 3. The topological polar surface area (TPSA) is 41.8 Å². The second kappa shape index (κ2) is 6.38. The summed E-state index contributed by atoms with van der Waals surface area (Å²) in [6.45, 7) is 0. The van der Waals surface area contributed by atoms with Crippen LogP contribution in [-0.4, -0.2) is 18.4 Å². The minimum Gasteiger partial charge on any atom is -0.503 e. The van der Waals surface area contributed by atoms with E-state index < -0.39 is 0 Å². The van der Waals surface area contributed by atoms with Gasteiger partial charge in [-0.15, -0.1) is 0 Å². The fourth-order valence-corrected chi connectivity index (χ4v) is 2.32. The first-order valence-electron chi connectivity index (χ1n) is 5.46. The van der Waals surface area contributed by atoms with Crippen molar-refractivity contribution in [3.8, 4) is 11.5 Å². The molecule has 5 heteroatoms. The summed E-state index contributed by atoms with van der Waals surface area (Å²) in [4.78, 5) is 4.38. The van der Waals surface area contributed by atoms with Crippen LogP contribution < -0.4 is 4.74 Å². The zero-order valence-corrected chi connectivity index (χ0v) is 13.8. The predicted octanol–water partition coefficient (Wildman–Crippen LogP) is 4.52. The summed E-state index contributed by atoms with van der Waals surface area (Å²) in [5, 5.41) is 9.72. The first-order valence-corrected chi connectivity index (χ1v) is 7.33. The van der Waals surface area contributed by atoms with Gasteiger partial charge in [0.15, 0.2) is 11.5 Å². The number of phenolic OH excluding ortho intramolecular Hbond substituents is 1. The second-order valence-electron chi connectivity index (χ2n) is 3.79. The van der Waals surface area contributed by atoms with Gasteiger partial charge in [0, 0.05) is 9.78 Å². The zero-order chi connectivity index (χ0) is 13.8. The van der Waals surface area contributed by atoms with Gasteiger partial charge in [-0.05, 0) is 80.5 Å². The van der Waals surface area contributed by atoms with Gasteiger partial charge in [0.1, 0.15) is 0 Å². The standard InChI is InChI=1S/C14H11BrINO2/c1-19-13-7-9(6-12(15)14(13)18)8-17-11-4-2-10(16)3-5-11/h2-8,18H,1H3. The number of ether oxygens (including phenoxy) is 1. The van der Waals surface area contributed by atoms with E-state index in [4.69, 9.17) is 4.74 Å². The quantitative estimate of drug-likeness (QED) is 0.573. The fourth-order valence-electron chi connectivity index (χ4n) is 1.50. The first kappa shape index (κ1) is 14.3. The number of halogens is 2. The molecular weight excluding hydrogens is 421 g/mol. The summed E-state index contributed by atoms with van der Waals surface area (Å²) in [6.07, 6.45) is 1.73. The Kier molecular flexibility index (Phi) is 4.81. The third kappa shape index (κ3) is 3.70. The van der Waals surface area contributed by atoms with Gasteiger partial charge in [0.2, 0.25) is 0 Å². The Morgan fingerprint density at radius 3 is 2.58 bits per heavy atom. The molecule has 0 aliphatic rings. The van der Waals surface area contributed by atoms with Crippen molar-refractivity contribution >= 4 is 50.4 Å². The SMILES string of the molecule is COc1cc(C=Nc2ccc(I)cc2)cc(Br)c1O. The Bertz CT molecular complexity index is 612. The van der Waals surface area contributed by atoms with Crippen LogP contribution in [0.25, 0.3) is 0 Å². The van der Waals surface area contributed by atoms with Crippen molar-refractivity contribution in [3.05, 3.63) is 50.0 Å². The van der Waals surface area contributed by atoms with E-state index in [-0.39, 0.29) is 5.75 Å². The smallest absolute Gasteiger partial charge is 0.172 e. The molecule has 2 rings (SSSR count). The first-order chi connectivity index (χ1) is 9.10. The highest BCUT2D eigenvalue weighted by Gasteiger charge is 2.07. The van der Waals surface area contributed by atoms with E-state index in [0.717, 1.165) is 11.3 Å². The minimum atomic E-state index is 0.0916. The van der Waals surface area contributed by atoms with Crippen LogP contribution >= 0.6 is 38.5 Å². The van der Waals surface area contributed by atoms with E-state index >= 15 is 0 Å². The molecule has 98 valence electrons. The normalized spacial score (nSPS) is 10.9. The van der Waals surface area contributed by atoms with Crippen molar-refractivity contribution in [2.75, 3.05) is 7.11 Å². The third-order valence-corrected chi connectivity index (χ3v) is 3.78. The molecule has 1 N–H and O–H groups in total. The van der Waals surface area contributed by atoms with Crippen LogP contribution in [0.3, 0.4) is 0 Å². The molecule has 0 aromatic heterocycles. The maximum absolute atomic E-state index is 9.72. The Morgan fingerprint density at radius 2 is 1.95 bits per heavy atom. The molecule has 0 bridgehead atoms. The predicted molar refractivity (Wildman–Crippen MR) is 88.8 cm³/mol. The number of aliphatic imine (C=N–C) groups is 1. The summed E-state index contributed by atoms with van der Waals surface area (Å²) in [7, 11) is 1.52. The van der Waals surface area contributed by atoms with Crippen molar-refractivity contribution in [1.29, 1.82) is 0 Å². The van der Waals surface area contributed by atoms with Crippen LogP contribution in [0.1, 0.15) is 5.56 Å². The molecular formula is C14H11BrINO2. The Hall–Kier alpha value is -1.08. The van der Waals surface area contributed by atoms with Gasteiger partial charge in [-0.3, -0.25) is 4.99 Å². The number of aromatic hydroxyl groups is 1. The van der Waals surface area contributed by atoms with Crippen molar-refractivity contribution in [2.24, 2.45) is 4.99 Å². The lowest BCUT2D eigenvalue weighted by Crippen LogP contribution is -1.88. The molecule has 19 heavy (non-hydrogen) atoms. The number of methoxy groups -OCH3 is 1. The largest absolute Gasteiger partial charge is 0.503 e. The van der Waals surface area contributed by atoms with E-state index in [9.17, 15) is 5.11 Å². The van der Waals surface area contributed by atoms with Gasteiger partial charge in [0.05, 0.1) is 17.3 Å².